The number of benzene rings is 1. The minimum Gasteiger partial charge on any atom is -0.311 e. The third-order valence-corrected chi connectivity index (χ3v) is 3.61. The molecule has 2 nitrogen and oxygen atoms in total. The van der Waals surface area contributed by atoms with Gasteiger partial charge in [0, 0.05) is 11.6 Å². The maximum atomic E-state index is 11.8. The summed E-state index contributed by atoms with van der Waals surface area (Å²) in [6.07, 6.45) is 22.5. The average Bonchev–Trinajstić information content (AvgIpc) is 3.35. The molecule has 0 aliphatic heterocycles. The Hall–Kier alpha value is -2.48. The molecule has 0 fully saturated rings. The van der Waals surface area contributed by atoms with E-state index >= 15 is 0 Å². The van der Waals surface area contributed by atoms with Crippen molar-refractivity contribution in [3.8, 4) is 0 Å². The van der Waals surface area contributed by atoms with Crippen molar-refractivity contribution in [3.05, 3.63) is 96.3 Å². The summed E-state index contributed by atoms with van der Waals surface area (Å²) in [5.41, 5.74) is 2.60. The van der Waals surface area contributed by atoms with Gasteiger partial charge in [-0.2, -0.15) is 12.2 Å². The summed E-state index contributed by atoms with van der Waals surface area (Å²) in [5, 5.41) is 1.07. The number of pyridine rings is 1. The topological polar surface area (TPSA) is 30.0 Å². The molecule has 1 aromatic carbocycles. The zero-order valence-electron chi connectivity index (χ0n) is 13.6. The average molecular weight is 367 g/mol. The first-order valence-corrected chi connectivity index (χ1v) is 7.88. The van der Waals surface area contributed by atoms with Gasteiger partial charge < -0.3 is 4.79 Å². The maximum absolute atomic E-state index is 11.8. The van der Waals surface area contributed by atoms with Crippen LogP contribution in [-0.4, -0.2) is 10.8 Å². The van der Waals surface area contributed by atoms with E-state index in [1.807, 2.05) is 48.6 Å². The molecular weight excluding hydrogens is 350 g/mol. The summed E-state index contributed by atoms with van der Waals surface area (Å²) in [6, 6.07) is 9.95. The molecular formula is C22H17FeNO. The van der Waals surface area contributed by atoms with Crippen molar-refractivity contribution >= 4 is 22.8 Å². The molecule has 0 spiro atoms. The second kappa shape index (κ2) is 9.73. The van der Waals surface area contributed by atoms with E-state index in [2.05, 4.69) is 23.2 Å². The third kappa shape index (κ3) is 5.53. The predicted molar refractivity (Wildman–Crippen MR) is 97.9 cm³/mol. The van der Waals surface area contributed by atoms with Gasteiger partial charge in [0.1, 0.15) is 5.78 Å². The van der Waals surface area contributed by atoms with E-state index in [0.29, 0.717) is 5.57 Å². The van der Waals surface area contributed by atoms with Crippen LogP contribution in [0.4, 0.5) is 0 Å². The van der Waals surface area contributed by atoms with Crippen molar-refractivity contribution in [1.29, 1.82) is 0 Å². The molecule has 124 valence electrons. The number of ketones is 1. The van der Waals surface area contributed by atoms with Crippen LogP contribution in [0.3, 0.4) is 0 Å². The number of rotatable bonds is 3. The number of carbonyl (C=O) groups excluding carboxylic acids is 1. The van der Waals surface area contributed by atoms with Gasteiger partial charge in [-0.15, -0.1) is 18.4 Å². The number of hydrogen-bond acceptors (Lipinski definition) is 2. The molecule has 1 heterocycles. The molecule has 0 atom stereocenters. The molecule has 0 unspecified atom stereocenters. The Morgan fingerprint density at radius 2 is 2.04 bits per heavy atom. The van der Waals surface area contributed by atoms with Gasteiger partial charge >= 0.3 is 17.1 Å². The van der Waals surface area contributed by atoms with Crippen molar-refractivity contribution < 1.29 is 21.9 Å². The van der Waals surface area contributed by atoms with Crippen LogP contribution in [0.15, 0.2) is 78.6 Å². The Balaban J connectivity index is 0.000000325. The minimum absolute atomic E-state index is 0. The smallest absolute Gasteiger partial charge is 0.311 e. The monoisotopic (exact) mass is 367 g/mol. The van der Waals surface area contributed by atoms with E-state index < -0.39 is 0 Å². The SMILES string of the molecule is O=C(/C=C/c1cnc2ccccc2c1)C1=CC[C-]=C1.[C-]1=CC=CC1.[Fe+2]. The van der Waals surface area contributed by atoms with E-state index in [0.717, 1.165) is 29.3 Å². The first-order valence-electron chi connectivity index (χ1n) is 7.88. The molecule has 0 bridgehead atoms. The largest absolute Gasteiger partial charge is 2.00 e. The molecule has 2 aromatic rings. The number of fused-ring (bicyclic) bond motifs is 1. The van der Waals surface area contributed by atoms with Gasteiger partial charge in [0.05, 0.1) is 5.52 Å². The van der Waals surface area contributed by atoms with Gasteiger partial charge in [0.2, 0.25) is 0 Å². The van der Waals surface area contributed by atoms with Crippen molar-refractivity contribution in [2.24, 2.45) is 0 Å². The number of nitrogens with zero attached hydrogens (tertiary/aromatic N) is 1. The van der Waals surface area contributed by atoms with Gasteiger partial charge in [-0.1, -0.05) is 24.3 Å². The van der Waals surface area contributed by atoms with Gasteiger partial charge in [0.25, 0.3) is 0 Å². The third-order valence-electron chi connectivity index (χ3n) is 3.61. The molecule has 0 radical (unpaired) electrons. The minimum atomic E-state index is 0. The van der Waals surface area contributed by atoms with Crippen LogP contribution in [-0.2, 0) is 21.9 Å². The van der Waals surface area contributed by atoms with E-state index in [1.165, 1.54) is 0 Å². The Bertz CT molecular complexity index is 878. The number of carbonyl (C=O) groups is 1. The first-order chi connectivity index (χ1) is 11.8. The molecule has 4 rings (SSSR count). The molecule has 25 heavy (non-hydrogen) atoms. The zero-order chi connectivity index (χ0) is 16.6. The molecule has 0 amide bonds. The number of hydrogen-bond donors (Lipinski definition) is 0. The van der Waals surface area contributed by atoms with Crippen LogP contribution in [0.5, 0.6) is 0 Å². The summed E-state index contributed by atoms with van der Waals surface area (Å²) in [5.74, 6) is 0.0122. The van der Waals surface area contributed by atoms with Gasteiger partial charge in [-0.3, -0.25) is 17.1 Å². The van der Waals surface area contributed by atoms with Gasteiger partial charge in [-0.05, 0) is 23.8 Å². The van der Waals surface area contributed by atoms with Crippen LogP contribution in [0, 0.1) is 12.2 Å². The van der Waals surface area contributed by atoms with Crippen molar-refractivity contribution in [3.63, 3.8) is 0 Å². The number of aromatic nitrogens is 1. The first kappa shape index (κ1) is 18.9. The Labute approximate surface area is 158 Å². The van der Waals surface area contributed by atoms with E-state index in [-0.39, 0.29) is 22.9 Å². The molecule has 3 heteroatoms. The van der Waals surface area contributed by atoms with Crippen molar-refractivity contribution in [2.45, 2.75) is 12.8 Å². The molecule has 2 aliphatic rings. The molecule has 0 saturated carbocycles. The summed E-state index contributed by atoms with van der Waals surface area (Å²) < 4.78 is 0. The van der Waals surface area contributed by atoms with Crippen LogP contribution in [0.2, 0.25) is 0 Å². The fourth-order valence-electron chi connectivity index (χ4n) is 2.36. The second-order valence-corrected chi connectivity index (χ2v) is 5.37. The standard InChI is InChI=1S/C17H12NO.C5H5.Fe/c19-17(14-5-1-2-6-14)10-9-13-11-15-7-3-4-8-16(15)18-12-13;1-2-4-5-3-1;/h3-12H,1H2;1-3H,4H2;/q2*-1;+2/b10-9+;;. The number of allylic oxidation sites excluding steroid dienone is 9. The molecule has 2 aliphatic carbocycles. The normalized spacial score (nSPS) is 14.3. The predicted octanol–water partition coefficient (Wildman–Crippen LogP) is 4.81. The van der Waals surface area contributed by atoms with Crippen LogP contribution in [0.25, 0.3) is 17.0 Å². The Kier molecular flexibility index (Phi) is 7.34. The van der Waals surface area contributed by atoms with E-state index in [9.17, 15) is 4.79 Å². The quantitative estimate of drug-likeness (QED) is 0.443. The Morgan fingerprint density at radius 1 is 1.16 bits per heavy atom. The summed E-state index contributed by atoms with van der Waals surface area (Å²) in [6.45, 7) is 0. The van der Waals surface area contributed by atoms with E-state index in [4.69, 9.17) is 0 Å². The zero-order valence-corrected chi connectivity index (χ0v) is 14.7. The number of para-hydroxylation sites is 1. The summed E-state index contributed by atoms with van der Waals surface area (Å²) in [4.78, 5) is 16.2. The fraction of sp³-hybridized carbons (Fsp3) is 0.0909. The molecule has 0 saturated heterocycles. The molecule has 0 N–H and O–H groups in total. The van der Waals surface area contributed by atoms with Crippen molar-refractivity contribution in [1.82, 2.24) is 4.98 Å². The Morgan fingerprint density at radius 3 is 2.72 bits per heavy atom. The van der Waals surface area contributed by atoms with E-state index in [1.54, 1.807) is 24.4 Å². The van der Waals surface area contributed by atoms with Crippen LogP contribution in [0.1, 0.15) is 18.4 Å². The van der Waals surface area contributed by atoms with Crippen LogP contribution < -0.4 is 0 Å². The van der Waals surface area contributed by atoms with Gasteiger partial charge in [-0.25, -0.2) is 18.2 Å². The summed E-state index contributed by atoms with van der Waals surface area (Å²) in [7, 11) is 0. The molecule has 1 aromatic heterocycles. The van der Waals surface area contributed by atoms with Crippen LogP contribution >= 0.6 is 0 Å². The summed E-state index contributed by atoms with van der Waals surface area (Å²) >= 11 is 0. The van der Waals surface area contributed by atoms with Gasteiger partial charge in [0.15, 0.2) is 0 Å². The van der Waals surface area contributed by atoms with Crippen molar-refractivity contribution in [2.75, 3.05) is 0 Å². The fourth-order valence-corrected chi connectivity index (χ4v) is 2.36. The second-order valence-electron chi connectivity index (χ2n) is 5.37. The maximum Gasteiger partial charge on any atom is 2.00 e.